The van der Waals surface area contributed by atoms with Crippen LogP contribution in [0.15, 0.2) is 16.6 Å². The molecule has 0 saturated carbocycles. The number of hydrogen-bond donors (Lipinski definition) is 1. The fraction of sp³-hybridized carbons (Fsp3) is 0.429. The predicted molar refractivity (Wildman–Crippen MR) is 79.9 cm³/mol. The Morgan fingerprint density at radius 2 is 1.95 bits per heavy atom. The van der Waals surface area contributed by atoms with Crippen molar-refractivity contribution >= 4 is 39.0 Å². The molecule has 19 heavy (non-hydrogen) atoms. The highest BCUT2D eigenvalue weighted by atomic mass is 79.9. The van der Waals surface area contributed by atoms with E-state index in [0.717, 1.165) is 16.6 Å². The van der Waals surface area contributed by atoms with Gasteiger partial charge in [0.1, 0.15) is 0 Å². The van der Waals surface area contributed by atoms with Gasteiger partial charge in [-0.1, -0.05) is 6.92 Å². The molecule has 0 aromatic heterocycles. The quantitative estimate of drug-likeness (QED) is 0.868. The number of halogens is 1. The van der Waals surface area contributed by atoms with Crippen LogP contribution in [0.1, 0.15) is 37.6 Å². The lowest BCUT2D eigenvalue weighted by atomic mass is 9.98. The number of ketones is 1. The third kappa shape index (κ3) is 2.27. The second-order valence-corrected chi connectivity index (χ2v) is 6.21. The van der Waals surface area contributed by atoms with Crippen molar-refractivity contribution in [3.63, 3.8) is 0 Å². The van der Waals surface area contributed by atoms with Crippen molar-refractivity contribution in [2.45, 2.75) is 32.7 Å². The van der Waals surface area contributed by atoms with Gasteiger partial charge in [0.15, 0.2) is 0 Å². The number of nitrogens with one attached hydrogen (secondary N) is 1. The molecule has 0 aliphatic carbocycles. The molecule has 0 saturated heterocycles. The fourth-order valence-electron chi connectivity index (χ4n) is 1.97. The van der Waals surface area contributed by atoms with Crippen LogP contribution >= 0.6 is 15.9 Å². The molecular weight excluding hydrogens is 308 g/mol. The summed E-state index contributed by atoms with van der Waals surface area (Å²) in [6.07, 6.45) is 0.984. The van der Waals surface area contributed by atoms with E-state index in [9.17, 15) is 9.59 Å². The molecule has 1 heterocycles. The van der Waals surface area contributed by atoms with Crippen LogP contribution in [0.3, 0.4) is 0 Å². The van der Waals surface area contributed by atoms with Gasteiger partial charge in [-0.25, -0.2) is 0 Å². The lowest BCUT2D eigenvalue weighted by Gasteiger charge is -2.37. The summed E-state index contributed by atoms with van der Waals surface area (Å²) < 4.78 is 0.820. The zero-order chi connectivity index (χ0) is 14.4. The summed E-state index contributed by atoms with van der Waals surface area (Å²) in [4.78, 5) is 25.2. The predicted octanol–water partition coefficient (Wildman–Crippen LogP) is 3.21. The molecule has 1 N–H and O–H groups in total. The molecule has 1 aromatic rings. The van der Waals surface area contributed by atoms with E-state index in [1.165, 1.54) is 0 Å². The maximum atomic E-state index is 11.6. The number of anilines is 2. The van der Waals surface area contributed by atoms with Gasteiger partial charge in [-0.15, -0.1) is 0 Å². The Morgan fingerprint density at radius 3 is 2.53 bits per heavy atom. The Morgan fingerprint density at radius 1 is 1.32 bits per heavy atom. The van der Waals surface area contributed by atoms with Gasteiger partial charge in [0, 0.05) is 17.1 Å². The summed E-state index contributed by atoms with van der Waals surface area (Å²) in [6.45, 7) is 6.43. The number of fused-ring (bicyclic) bond motifs is 1. The lowest BCUT2D eigenvalue weighted by Crippen LogP contribution is -2.40. The number of benzene rings is 1. The molecule has 4 nitrogen and oxygen atoms in total. The number of Topliss-reactive ketones (excluding diaryl/α,β-unsaturated/α-hetero) is 1. The average molecular weight is 325 g/mol. The van der Waals surface area contributed by atoms with Crippen molar-refractivity contribution in [3.05, 3.63) is 22.2 Å². The molecule has 0 fully saturated rings. The Bertz CT molecular complexity index is 567. The Labute approximate surface area is 121 Å². The minimum absolute atomic E-state index is 0.0105. The maximum absolute atomic E-state index is 11.6. The Kier molecular flexibility index (Phi) is 3.43. The number of rotatable bonds is 3. The van der Waals surface area contributed by atoms with E-state index in [2.05, 4.69) is 46.9 Å². The topological polar surface area (TPSA) is 49.4 Å². The number of amides is 1. The van der Waals surface area contributed by atoms with Crippen LogP contribution in [0.2, 0.25) is 0 Å². The van der Waals surface area contributed by atoms with Crippen LogP contribution in [0.5, 0.6) is 0 Å². The van der Waals surface area contributed by atoms with E-state index in [0.29, 0.717) is 11.3 Å². The van der Waals surface area contributed by atoms with E-state index in [1.54, 1.807) is 6.07 Å². The van der Waals surface area contributed by atoms with E-state index in [-0.39, 0.29) is 5.54 Å². The number of carbonyl (C=O) groups excluding carboxylic acids is 2. The summed E-state index contributed by atoms with van der Waals surface area (Å²) in [5.74, 6) is -1.03. The molecule has 0 bridgehead atoms. The second-order valence-electron chi connectivity index (χ2n) is 5.36. The van der Waals surface area contributed by atoms with Gasteiger partial charge in [0.2, 0.25) is 0 Å². The zero-order valence-corrected chi connectivity index (χ0v) is 13.1. The molecule has 0 unspecified atom stereocenters. The average Bonchev–Trinajstić information content (AvgIpc) is 2.64. The number of carbonyl (C=O) groups is 2. The first-order chi connectivity index (χ1) is 8.77. The second kappa shape index (κ2) is 4.63. The van der Waals surface area contributed by atoms with Gasteiger partial charge in [0.05, 0.1) is 16.9 Å². The molecule has 5 heteroatoms. The molecular formula is C14H17BrN2O2. The van der Waals surface area contributed by atoms with Crippen molar-refractivity contribution in [1.82, 2.24) is 0 Å². The molecule has 102 valence electrons. The van der Waals surface area contributed by atoms with Gasteiger partial charge in [-0.05, 0) is 48.3 Å². The van der Waals surface area contributed by atoms with Crippen molar-refractivity contribution < 1.29 is 9.59 Å². The standard InChI is InChI=1S/C14H17BrN2O2/c1-5-14(2,3)17(4)11-7-10-8(6-9(11)15)12(18)13(19)16-10/h6-7H,5H2,1-4H3,(H,16,18,19). The zero-order valence-electron chi connectivity index (χ0n) is 11.5. The molecule has 0 radical (unpaired) electrons. The van der Waals surface area contributed by atoms with Crippen LogP contribution in [0.25, 0.3) is 0 Å². The number of hydrogen-bond acceptors (Lipinski definition) is 3. The Balaban J connectivity index is 2.49. The number of nitrogens with zero attached hydrogens (tertiary/aromatic N) is 1. The third-order valence-corrected chi connectivity index (χ3v) is 4.56. The van der Waals surface area contributed by atoms with Gasteiger partial charge in [-0.3, -0.25) is 9.59 Å². The SMILES string of the molecule is CCC(C)(C)N(C)c1cc2c(cc1Br)C(=O)C(=O)N2. The highest BCUT2D eigenvalue weighted by Crippen LogP contribution is 2.37. The van der Waals surface area contributed by atoms with E-state index >= 15 is 0 Å². The summed E-state index contributed by atoms with van der Waals surface area (Å²) in [6, 6.07) is 3.56. The monoisotopic (exact) mass is 324 g/mol. The van der Waals surface area contributed by atoms with Crippen LogP contribution in [0.4, 0.5) is 11.4 Å². The van der Waals surface area contributed by atoms with Crippen LogP contribution < -0.4 is 10.2 Å². The highest BCUT2D eigenvalue weighted by Gasteiger charge is 2.31. The summed E-state index contributed by atoms with van der Waals surface area (Å²) in [5, 5.41) is 2.60. The smallest absolute Gasteiger partial charge is 0.296 e. The fourth-order valence-corrected chi connectivity index (χ4v) is 2.58. The first-order valence-corrected chi connectivity index (χ1v) is 7.00. The molecule has 2 rings (SSSR count). The summed E-state index contributed by atoms with van der Waals surface area (Å²) in [5.41, 5.74) is 1.97. The first-order valence-electron chi connectivity index (χ1n) is 6.21. The summed E-state index contributed by atoms with van der Waals surface area (Å²) >= 11 is 3.49. The van der Waals surface area contributed by atoms with Crippen molar-refractivity contribution in [1.29, 1.82) is 0 Å². The van der Waals surface area contributed by atoms with Crippen molar-refractivity contribution in [3.8, 4) is 0 Å². The van der Waals surface area contributed by atoms with Gasteiger partial charge in [-0.2, -0.15) is 0 Å². The molecule has 0 spiro atoms. The van der Waals surface area contributed by atoms with Crippen molar-refractivity contribution in [2.75, 3.05) is 17.3 Å². The first kappa shape index (κ1) is 14.1. The van der Waals surface area contributed by atoms with E-state index < -0.39 is 11.7 Å². The molecule has 1 aromatic carbocycles. The van der Waals surface area contributed by atoms with Gasteiger partial charge in [0.25, 0.3) is 11.7 Å². The minimum Gasteiger partial charge on any atom is -0.369 e. The van der Waals surface area contributed by atoms with Crippen LogP contribution in [0, 0.1) is 0 Å². The van der Waals surface area contributed by atoms with Crippen LogP contribution in [-0.4, -0.2) is 24.3 Å². The van der Waals surface area contributed by atoms with Gasteiger partial charge < -0.3 is 10.2 Å². The molecule has 1 aliphatic rings. The minimum atomic E-state index is -0.559. The van der Waals surface area contributed by atoms with E-state index in [4.69, 9.17) is 0 Å². The summed E-state index contributed by atoms with van der Waals surface area (Å²) in [7, 11) is 2.01. The highest BCUT2D eigenvalue weighted by molar-refractivity contribution is 9.10. The lowest BCUT2D eigenvalue weighted by molar-refractivity contribution is -0.112. The normalized spacial score (nSPS) is 14.4. The largest absolute Gasteiger partial charge is 0.369 e. The van der Waals surface area contributed by atoms with E-state index in [1.807, 2.05) is 13.1 Å². The maximum Gasteiger partial charge on any atom is 0.296 e. The molecule has 0 atom stereocenters. The van der Waals surface area contributed by atoms with Crippen LogP contribution in [-0.2, 0) is 4.79 Å². The van der Waals surface area contributed by atoms with Crippen molar-refractivity contribution in [2.24, 2.45) is 0 Å². The molecule has 1 aliphatic heterocycles. The molecule has 1 amide bonds. The third-order valence-electron chi connectivity index (χ3n) is 3.92. The van der Waals surface area contributed by atoms with Gasteiger partial charge >= 0.3 is 0 Å². The Hall–Kier alpha value is -1.36.